The number of amides is 1. The molecule has 4 nitrogen and oxygen atoms in total. The number of aryl methyl sites for hydroxylation is 1. The zero-order valence-corrected chi connectivity index (χ0v) is 15.0. The molecule has 0 aliphatic rings. The van der Waals surface area contributed by atoms with E-state index in [4.69, 9.17) is 0 Å². The molecule has 0 fully saturated rings. The van der Waals surface area contributed by atoms with Crippen molar-refractivity contribution in [1.82, 2.24) is 9.97 Å². The van der Waals surface area contributed by atoms with Gasteiger partial charge >= 0.3 is 0 Å². The summed E-state index contributed by atoms with van der Waals surface area (Å²) >= 11 is 1.10. The molecule has 1 N–H and O–H groups in total. The molecule has 0 aliphatic heterocycles. The van der Waals surface area contributed by atoms with Gasteiger partial charge in [-0.3, -0.25) is 15.1 Å². The van der Waals surface area contributed by atoms with Crippen molar-refractivity contribution in [3.63, 3.8) is 0 Å². The fourth-order valence-electron chi connectivity index (χ4n) is 2.85. The minimum atomic E-state index is -0.700. The maximum absolute atomic E-state index is 13.9. The topological polar surface area (TPSA) is 54.9 Å². The van der Waals surface area contributed by atoms with Crippen LogP contribution in [0.25, 0.3) is 22.2 Å². The Morgan fingerprint density at radius 2 is 1.78 bits per heavy atom. The van der Waals surface area contributed by atoms with Crippen molar-refractivity contribution < 1.29 is 13.6 Å². The van der Waals surface area contributed by atoms with Gasteiger partial charge in [0, 0.05) is 16.5 Å². The highest BCUT2D eigenvalue weighted by Gasteiger charge is 2.17. The van der Waals surface area contributed by atoms with E-state index in [1.165, 1.54) is 23.6 Å². The number of halogens is 2. The molecule has 0 spiro atoms. The summed E-state index contributed by atoms with van der Waals surface area (Å²) in [5.41, 5.74) is 1.83. The molecule has 0 atom stereocenters. The molecule has 2 heterocycles. The molecule has 0 unspecified atom stereocenters. The molecule has 134 valence electrons. The minimum absolute atomic E-state index is 0.140. The molecule has 4 rings (SSSR count). The summed E-state index contributed by atoms with van der Waals surface area (Å²) in [6.07, 6.45) is 0. The standard InChI is InChI=1S/C20H13F2N3OS/c1-11-9-13(12-5-2-3-8-16(12)23-11)19(26)25-20-24-17(10-27-20)18-14(21)6-4-7-15(18)22/h2-10H,1H3,(H,24,25,26). The van der Waals surface area contributed by atoms with Gasteiger partial charge < -0.3 is 0 Å². The smallest absolute Gasteiger partial charge is 0.258 e. The molecule has 0 saturated heterocycles. The Balaban J connectivity index is 1.66. The SMILES string of the molecule is Cc1cc(C(=O)Nc2nc(-c3c(F)cccc3F)cs2)c2ccccc2n1. The van der Waals surface area contributed by atoms with E-state index < -0.39 is 11.6 Å². The number of pyridine rings is 1. The van der Waals surface area contributed by atoms with Crippen molar-refractivity contribution in [2.24, 2.45) is 0 Å². The second kappa shape index (κ2) is 6.85. The first kappa shape index (κ1) is 17.2. The summed E-state index contributed by atoms with van der Waals surface area (Å²) in [6.45, 7) is 1.81. The number of hydrogen-bond acceptors (Lipinski definition) is 4. The van der Waals surface area contributed by atoms with Crippen molar-refractivity contribution in [2.45, 2.75) is 6.92 Å². The van der Waals surface area contributed by atoms with E-state index in [1.54, 1.807) is 6.07 Å². The monoisotopic (exact) mass is 381 g/mol. The van der Waals surface area contributed by atoms with E-state index in [1.807, 2.05) is 31.2 Å². The van der Waals surface area contributed by atoms with E-state index in [-0.39, 0.29) is 22.3 Å². The van der Waals surface area contributed by atoms with Gasteiger partial charge in [-0.15, -0.1) is 11.3 Å². The first-order valence-corrected chi connectivity index (χ1v) is 8.98. The molecule has 2 aromatic heterocycles. The van der Waals surface area contributed by atoms with Crippen LogP contribution >= 0.6 is 11.3 Å². The van der Waals surface area contributed by atoms with Crippen molar-refractivity contribution in [1.29, 1.82) is 0 Å². The van der Waals surface area contributed by atoms with Crippen molar-refractivity contribution >= 4 is 33.3 Å². The Bertz CT molecular complexity index is 1150. The van der Waals surface area contributed by atoms with E-state index in [2.05, 4.69) is 15.3 Å². The van der Waals surface area contributed by atoms with Gasteiger partial charge in [-0.1, -0.05) is 24.3 Å². The van der Waals surface area contributed by atoms with E-state index in [0.717, 1.165) is 22.2 Å². The molecule has 0 saturated carbocycles. The number of rotatable bonds is 3. The van der Waals surface area contributed by atoms with E-state index >= 15 is 0 Å². The normalized spacial score (nSPS) is 10.9. The first-order chi connectivity index (χ1) is 13.0. The highest BCUT2D eigenvalue weighted by molar-refractivity contribution is 7.14. The Hall–Kier alpha value is -3.19. The molecular formula is C20H13F2N3OS. The third-order valence-electron chi connectivity index (χ3n) is 4.03. The van der Waals surface area contributed by atoms with Crippen LogP contribution in [0.1, 0.15) is 16.1 Å². The number of carbonyl (C=O) groups excluding carboxylic acids is 1. The fraction of sp³-hybridized carbons (Fsp3) is 0.0500. The summed E-state index contributed by atoms with van der Waals surface area (Å²) < 4.78 is 27.8. The predicted molar refractivity (Wildman–Crippen MR) is 102 cm³/mol. The second-order valence-corrected chi connectivity index (χ2v) is 6.78. The maximum atomic E-state index is 13.9. The first-order valence-electron chi connectivity index (χ1n) is 8.10. The Kier molecular flexibility index (Phi) is 4.37. The summed E-state index contributed by atoms with van der Waals surface area (Å²) in [4.78, 5) is 21.3. The van der Waals surface area contributed by atoms with Gasteiger partial charge in [0.2, 0.25) is 0 Å². The fourth-order valence-corrected chi connectivity index (χ4v) is 3.55. The number of benzene rings is 2. The third-order valence-corrected chi connectivity index (χ3v) is 4.79. The number of carbonyl (C=O) groups is 1. The lowest BCUT2D eigenvalue weighted by Crippen LogP contribution is -2.13. The Labute approximate surface area is 157 Å². The molecule has 4 aromatic rings. The zero-order chi connectivity index (χ0) is 19.0. The van der Waals surface area contributed by atoms with Gasteiger partial charge in [0.1, 0.15) is 11.6 Å². The lowest BCUT2D eigenvalue weighted by atomic mass is 10.1. The quantitative estimate of drug-likeness (QED) is 0.531. The Morgan fingerprint density at radius 1 is 1.04 bits per heavy atom. The predicted octanol–water partition coefficient (Wildman–Crippen LogP) is 5.20. The molecule has 0 aliphatic carbocycles. The minimum Gasteiger partial charge on any atom is -0.298 e. The molecule has 1 amide bonds. The van der Waals surface area contributed by atoms with Gasteiger partial charge in [-0.2, -0.15) is 0 Å². The van der Waals surface area contributed by atoms with Crippen LogP contribution in [0.15, 0.2) is 53.9 Å². The lowest BCUT2D eigenvalue weighted by Gasteiger charge is -2.07. The van der Waals surface area contributed by atoms with Gasteiger partial charge in [0.05, 0.1) is 22.3 Å². The highest BCUT2D eigenvalue weighted by atomic mass is 32.1. The van der Waals surface area contributed by atoms with Crippen LogP contribution in [0.2, 0.25) is 0 Å². The van der Waals surface area contributed by atoms with Gasteiger partial charge in [-0.25, -0.2) is 13.8 Å². The van der Waals surface area contributed by atoms with Crippen LogP contribution < -0.4 is 5.32 Å². The zero-order valence-electron chi connectivity index (χ0n) is 14.2. The van der Waals surface area contributed by atoms with Crippen LogP contribution in [0.5, 0.6) is 0 Å². The summed E-state index contributed by atoms with van der Waals surface area (Å²) in [6, 6.07) is 12.7. The number of fused-ring (bicyclic) bond motifs is 1. The number of anilines is 1. The third kappa shape index (κ3) is 3.29. The van der Waals surface area contributed by atoms with Gasteiger partial charge in [-0.05, 0) is 31.2 Å². The van der Waals surface area contributed by atoms with E-state index in [9.17, 15) is 13.6 Å². The highest BCUT2D eigenvalue weighted by Crippen LogP contribution is 2.29. The van der Waals surface area contributed by atoms with Crippen molar-refractivity contribution in [2.75, 3.05) is 5.32 Å². The number of nitrogens with one attached hydrogen (secondary N) is 1. The average molecular weight is 381 g/mol. The number of nitrogens with zero attached hydrogens (tertiary/aromatic N) is 2. The van der Waals surface area contributed by atoms with Gasteiger partial charge in [0.15, 0.2) is 5.13 Å². The molecule has 0 radical (unpaired) electrons. The van der Waals surface area contributed by atoms with Crippen molar-refractivity contribution in [3.8, 4) is 11.3 Å². The van der Waals surface area contributed by atoms with E-state index in [0.29, 0.717) is 11.3 Å². The summed E-state index contributed by atoms with van der Waals surface area (Å²) in [5, 5.41) is 5.19. The summed E-state index contributed by atoms with van der Waals surface area (Å²) in [7, 11) is 0. The maximum Gasteiger partial charge on any atom is 0.258 e. The average Bonchev–Trinajstić information content (AvgIpc) is 3.08. The number of thiazole rings is 1. The Morgan fingerprint density at radius 3 is 2.56 bits per heavy atom. The molecule has 0 bridgehead atoms. The molecule has 27 heavy (non-hydrogen) atoms. The van der Waals surface area contributed by atoms with Crippen LogP contribution in [0, 0.1) is 18.6 Å². The van der Waals surface area contributed by atoms with Crippen LogP contribution in [0.3, 0.4) is 0 Å². The van der Waals surface area contributed by atoms with Crippen LogP contribution in [-0.4, -0.2) is 15.9 Å². The molecular weight excluding hydrogens is 368 g/mol. The lowest BCUT2D eigenvalue weighted by molar-refractivity contribution is 0.102. The number of aromatic nitrogens is 2. The molecule has 7 heteroatoms. The van der Waals surface area contributed by atoms with Crippen molar-refractivity contribution in [3.05, 3.63) is 76.8 Å². The van der Waals surface area contributed by atoms with Crippen LogP contribution in [0.4, 0.5) is 13.9 Å². The van der Waals surface area contributed by atoms with Gasteiger partial charge in [0.25, 0.3) is 5.91 Å². The summed E-state index contributed by atoms with van der Waals surface area (Å²) in [5.74, 6) is -1.76. The van der Waals surface area contributed by atoms with Crippen LogP contribution in [-0.2, 0) is 0 Å². The largest absolute Gasteiger partial charge is 0.298 e. The second-order valence-electron chi connectivity index (χ2n) is 5.92. The number of hydrogen-bond donors (Lipinski definition) is 1. The number of para-hydroxylation sites is 1. The molecule has 2 aromatic carbocycles.